The minimum absolute atomic E-state index is 0. The van der Waals surface area contributed by atoms with Gasteiger partial charge in [-0.25, -0.2) is 0 Å². The summed E-state index contributed by atoms with van der Waals surface area (Å²) in [4.78, 5) is 62.5. The van der Waals surface area contributed by atoms with E-state index in [1.165, 1.54) is 30.8 Å². The normalized spacial score (nSPS) is 13.3. The summed E-state index contributed by atoms with van der Waals surface area (Å²) in [5.74, 6) is -2.39. The lowest BCUT2D eigenvalue weighted by molar-refractivity contribution is -0.132. The van der Waals surface area contributed by atoms with E-state index in [0.717, 1.165) is 11.1 Å². The van der Waals surface area contributed by atoms with Crippen LogP contribution in [0.4, 0.5) is 0 Å². The maximum atomic E-state index is 13.0. The largest absolute Gasteiger partial charge is 0.508 e. The summed E-state index contributed by atoms with van der Waals surface area (Å²) in [7, 11) is 0. The molecule has 4 atom stereocenters. The fourth-order valence-electron chi connectivity index (χ4n) is 3.78. The van der Waals surface area contributed by atoms with Gasteiger partial charge < -0.3 is 37.8 Å². The van der Waals surface area contributed by atoms with Crippen LogP contribution in [0.1, 0.15) is 24.5 Å². The number of phenolic OH excluding ortho intramolecular Hbond substituents is 1. The molecule has 0 aromatic heterocycles. The lowest BCUT2D eigenvalue weighted by Crippen LogP contribution is -2.56. The van der Waals surface area contributed by atoms with Crippen molar-refractivity contribution >= 4 is 53.7 Å². The Balaban J connectivity index is 0.00000882. The molecule has 0 spiro atoms. The second kappa shape index (κ2) is 18.6. The Bertz CT molecular complexity index is 1190. The molecule has 0 aliphatic heterocycles. The summed E-state index contributed by atoms with van der Waals surface area (Å²) in [6, 6.07) is 11.4. The maximum Gasteiger partial charge on any atom is 0.243 e. The van der Waals surface area contributed by atoms with E-state index >= 15 is 0 Å². The molecule has 230 valence electrons. The molecule has 14 heteroatoms. The predicted molar refractivity (Wildman–Crippen MR) is 164 cm³/mol. The zero-order chi connectivity index (χ0) is 30.4. The first kappa shape index (κ1) is 36.2. The van der Waals surface area contributed by atoms with Gasteiger partial charge in [-0.1, -0.05) is 42.5 Å². The summed E-state index contributed by atoms with van der Waals surface area (Å²) in [5.41, 5.74) is 12.9. The van der Waals surface area contributed by atoms with Crippen LogP contribution in [0, 0.1) is 0 Å². The van der Waals surface area contributed by atoms with Crippen LogP contribution in [-0.2, 0) is 36.8 Å². The highest BCUT2D eigenvalue weighted by molar-refractivity contribution is 7.98. The van der Waals surface area contributed by atoms with Gasteiger partial charge in [0.05, 0.1) is 12.6 Å². The van der Waals surface area contributed by atoms with Crippen molar-refractivity contribution in [1.29, 1.82) is 0 Å². The third-order valence-electron chi connectivity index (χ3n) is 6.11. The van der Waals surface area contributed by atoms with Crippen molar-refractivity contribution in [1.82, 2.24) is 21.3 Å². The van der Waals surface area contributed by atoms with E-state index in [4.69, 9.17) is 11.5 Å². The number of carbonyl (C=O) groups is 5. The average molecular weight is 623 g/mol. The van der Waals surface area contributed by atoms with Gasteiger partial charge in [0.25, 0.3) is 0 Å². The Morgan fingerprint density at radius 1 is 0.833 bits per heavy atom. The van der Waals surface area contributed by atoms with Crippen LogP contribution in [-0.4, -0.2) is 77.4 Å². The molecule has 2 rings (SSSR count). The Morgan fingerprint density at radius 3 is 2.05 bits per heavy atom. The Hall–Kier alpha value is -3.81. The second-order valence-corrected chi connectivity index (χ2v) is 10.5. The van der Waals surface area contributed by atoms with Crippen molar-refractivity contribution < 1.29 is 29.1 Å². The van der Waals surface area contributed by atoms with E-state index in [2.05, 4.69) is 21.3 Å². The van der Waals surface area contributed by atoms with Crippen molar-refractivity contribution in [3.63, 3.8) is 0 Å². The molecule has 0 aliphatic carbocycles. The molecule has 0 unspecified atom stereocenters. The standard InChI is InChI=1S/C28H38N6O6S.ClH/c1-17(32-27(39)21(29)14-19-8-10-20(35)11-9-19)26(38)31-16-24(36)33-23(15-18-6-4-3-5-7-18)28(40)34-22(25(30)37)12-13-41-2;/h3-11,17,21-23,35H,12-16,29H2,1-2H3,(H2,30,37)(H,31,38)(H,32,39)(H,33,36)(H,34,40);1H/t17-,21+,22+,23+;/m1./s1. The number of hydrogen-bond donors (Lipinski definition) is 7. The highest BCUT2D eigenvalue weighted by Gasteiger charge is 2.26. The molecular weight excluding hydrogens is 584 g/mol. The van der Waals surface area contributed by atoms with Crippen LogP contribution >= 0.6 is 24.2 Å². The molecule has 2 aromatic rings. The average Bonchev–Trinajstić information content (AvgIpc) is 2.94. The molecule has 0 aliphatic rings. The molecule has 2 aromatic carbocycles. The van der Waals surface area contributed by atoms with Crippen molar-refractivity contribution in [3.05, 3.63) is 65.7 Å². The van der Waals surface area contributed by atoms with Crippen LogP contribution in [0.3, 0.4) is 0 Å². The number of benzene rings is 2. The molecule has 0 saturated carbocycles. The van der Waals surface area contributed by atoms with Crippen molar-refractivity contribution in [2.75, 3.05) is 18.6 Å². The number of rotatable bonds is 16. The number of hydrogen-bond acceptors (Lipinski definition) is 8. The lowest BCUT2D eigenvalue weighted by Gasteiger charge is -2.22. The maximum absolute atomic E-state index is 13.0. The minimum Gasteiger partial charge on any atom is -0.508 e. The van der Waals surface area contributed by atoms with Gasteiger partial charge in [0, 0.05) is 6.42 Å². The van der Waals surface area contributed by atoms with E-state index < -0.39 is 60.2 Å². The van der Waals surface area contributed by atoms with Crippen LogP contribution in [0.15, 0.2) is 54.6 Å². The second-order valence-electron chi connectivity index (χ2n) is 9.48. The molecule has 0 heterocycles. The van der Waals surface area contributed by atoms with Gasteiger partial charge in [0.15, 0.2) is 0 Å². The number of carbonyl (C=O) groups excluding carboxylic acids is 5. The first-order chi connectivity index (χ1) is 19.5. The van der Waals surface area contributed by atoms with Gasteiger partial charge in [-0.15, -0.1) is 12.4 Å². The Morgan fingerprint density at radius 2 is 1.45 bits per heavy atom. The van der Waals surface area contributed by atoms with Crippen LogP contribution < -0.4 is 32.7 Å². The third-order valence-corrected chi connectivity index (χ3v) is 6.75. The number of phenols is 1. The van der Waals surface area contributed by atoms with Crippen molar-refractivity contribution in [2.45, 2.75) is 50.4 Å². The molecule has 0 saturated heterocycles. The Kier molecular flexibility index (Phi) is 16.0. The van der Waals surface area contributed by atoms with Crippen molar-refractivity contribution in [3.8, 4) is 5.75 Å². The van der Waals surface area contributed by atoms with E-state index in [-0.39, 0.29) is 31.0 Å². The first-order valence-corrected chi connectivity index (χ1v) is 14.4. The highest BCUT2D eigenvalue weighted by atomic mass is 35.5. The molecular formula is C28H39ClN6O6S. The van der Waals surface area contributed by atoms with Gasteiger partial charge in [-0.3, -0.25) is 24.0 Å². The van der Waals surface area contributed by atoms with Crippen LogP contribution in [0.25, 0.3) is 0 Å². The van der Waals surface area contributed by atoms with Gasteiger partial charge in [-0.2, -0.15) is 11.8 Å². The quantitative estimate of drug-likeness (QED) is 0.133. The third kappa shape index (κ3) is 12.8. The summed E-state index contributed by atoms with van der Waals surface area (Å²) in [6.45, 7) is 0.992. The first-order valence-electron chi connectivity index (χ1n) is 13.0. The van der Waals surface area contributed by atoms with E-state index in [1.807, 2.05) is 12.3 Å². The fourth-order valence-corrected chi connectivity index (χ4v) is 4.25. The van der Waals surface area contributed by atoms with Crippen LogP contribution in [0.5, 0.6) is 5.75 Å². The number of halogens is 1. The summed E-state index contributed by atoms with van der Waals surface area (Å²) >= 11 is 1.50. The number of amides is 5. The van der Waals surface area contributed by atoms with Crippen LogP contribution in [0.2, 0.25) is 0 Å². The molecule has 0 radical (unpaired) electrons. The van der Waals surface area contributed by atoms with Crippen molar-refractivity contribution in [2.24, 2.45) is 11.5 Å². The summed E-state index contributed by atoms with van der Waals surface area (Å²) < 4.78 is 0. The van der Waals surface area contributed by atoms with Gasteiger partial charge >= 0.3 is 0 Å². The number of nitrogens with one attached hydrogen (secondary N) is 4. The van der Waals surface area contributed by atoms with Gasteiger partial charge in [0.1, 0.15) is 23.9 Å². The summed E-state index contributed by atoms with van der Waals surface area (Å²) in [5, 5.41) is 19.5. The molecule has 12 nitrogen and oxygen atoms in total. The van der Waals surface area contributed by atoms with E-state index in [1.54, 1.807) is 36.4 Å². The Labute approximate surface area is 255 Å². The minimum atomic E-state index is -1.03. The predicted octanol–water partition coefficient (Wildman–Crippen LogP) is -0.245. The molecule has 5 amide bonds. The topological polar surface area (TPSA) is 206 Å². The summed E-state index contributed by atoms with van der Waals surface area (Å²) in [6.07, 6.45) is 2.55. The lowest BCUT2D eigenvalue weighted by atomic mass is 10.0. The highest BCUT2D eigenvalue weighted by Crippen LogP contribution is 2.11. The fraction of sp³-hybridized carbons (Fsp3) is 0.393. The van der Waals surface area contributed by atoms with Gasteiger partial charge in [-0.05, 0) is 55.0 Å². The number of nitrogens with two attached hydrogens (primary N) is 2. The van der Waals surface area contributed by atoms with Gasteiger partial charge in [0.2, 0.25) is 29.5 Å². The molecule has 9 N–H and O–H groups in total. The SMILES string of the molecule is CSCC[C@H](NC(=O)[C@H](Cc1ccccc1)NC(=O)CNC(=O)[C@@H](C)NC(=O)[C@@H](N)Cc1ccc(O)cc1)C(N)=O.Cl. The van der Waals surface area contributed by atoms with E-state index in [0.29, 0.717) is 12.2 Å². The zero-order valence-electron chi connectivity index (χ0n) is 23.5. The molecule has 0 bridgehead atoms. The number of thioether (sulfide) groups is 1. The monoisotopic (exact) mass is 622 g/mol. The van der Waals surface area contributed by atoms with E-state index in [9.17, 15) is 29.1 Å². The molecule has 0 fully saturated rings. The molecule has 42 heavy (non-hydrogen) atoms. The number of aromatic hydroxyl groups is 1. The zero-order valence-corrected chi connectivity index (χ0v) is 25.1. The number of primary amides is 1. The smallest absolute Gasteiger partial charge is 0.243 e.